The highest BCUT2D eigenvalue weighted by Crippen LogP contribution is 2.22. The highest BCUT2D eigenvalue weighted by molar-refractivity contribution is 7.99. The summed E-state index contributed by atoms with van der Waals surface area (Å²) in [5, 5.41) is 11.0. The molecule has 32 heavy (non-hydrogen) atoms. The number of hydrogen-bond donors (Lipinski definition) is 2. The summed E-state index contributed by atoms with van der Waals surface area (Å²) in [6, 6.07) is 11.5. The normalized spacial score (nSPS) is 13.8. The highest BCUT2D eigenvalue weighted by atomic mass is 32.2. The van der Waals surface area contributed by atoms with E-state index in [9.17, 15) is 9.59 Å². The van der Waals surface area contributed by atoms with Gasteiger partial charge in [-0.25, -0.2) is 9.67 Å². The van der Waals surface area contributed by atoms with Crippen LogP contribution in [0.25, 0.3) is 11.4 Å². The van der Waals surface area contributed by atoms with Crippen LogP contribution in [0.5, 0.6) is 0 Å². The summed E-state index contributed by atoms with van der Waals surface area (Å²) in [7, 11) is 0. The van der Waals surface area contributed by atoms with Gasteiger partial charge in [0.15, 0.2) is 11.0 Å². The Balaban J connectivity index is 1.46. The lowest BCUT2D eigenvalue weighted by atomic mass is 10.2. The quantitative estimate of drug-likeness (QED) is 0.510. The summed E-state index contributed by atoms with van der Waals surface area (Å²) in [5.41, 5.74) is 2.64. The van der Waals surface area contributed by atoms with E-state index < -0.39 is 0 Å². The number of carbonyl (C=O) groups is 2. The zero-order valence-electron chi connectivity index (χ0n) is 18.0. The molecule has 2 aromatic heterocycles. The van der Waals surface area contributed by atoms with E-state index in [4.69, 9.17) is 0 Å². The van der Waals surface area contributed by atoms with Crippen LogP contribution in [-0.4, -0.2) is 43.4 Å². The van der Waals surface area contributed by atoms with Crippen molar-refractivity contribution in [3.63, 3.8) is 0 Å². The first kappa shape index (κ1) is 22.0. The fourth-order valence-electron chi connectivity index (χ4n) is 3.60. The summed E-state index contributed by atoms with van der Waals surface area (Å²) >= 11 is 1.29. The molecule has 4 rings (SSSR count). The van der Waals surface area contributed by atoms with Gasteiger partial charge in [0.05, 0.1) is 5.75 Å². The Bertz CT molecular complexity index is 1060. The number of rotatable bonds is 8. The zero-order chi connectivity index (χ0) is 22.3. The molecule has 0 unspecified atom stereocenters. The van der Waals surface area contributed by atoms with Crippen LogP contribution < -0.4 is 10.6 Å². The van der Waals surface area contributed by atoms with Gasteiger partial charge in [0.25, 0.3) is 0 Å². The molecule has 0 radical (unpaired) electrons. The van der Waals surface area contributed by atoms with Crippen LogP contribution in [0.1, 0.15) is 31.2 Å². The van der Waals surface area contributed by atoms with Gasteiger partial charge in [-0.15, -0.1) is 5.10 Å². The number of anilines is 1. The predicted octanol–water partition coefficient (Wildman–Crippen LogP) is 3.44. The summed E-state index contributed by atoms with van der Waals surface area (Å²) in [4.78, 5) is 33.6. The van der Waals surface area contributed by atoms with Crippen molar-refractivity contribution >= 4 is 29.3 Å². The Hall–Kier alpha value is -3.20. The molecule has 0 bridgehead atoms. The van der Waals surface area contributed by atoms with Crippen molar-refractivity contribution in [1.29, 1.82) is 0 Å². The fourth-order valence-corrected chi connectivity index (χ4v) is 4.35. The minimum Gasteiger partial charge on any atom is -0.353 e. The molecule has 1 saturated carbocycles. The van der Waals surface area contributed by atoms with Gasteiger partial charge in [0.1, 0.15) is 6.54 Å². The van der Waals surface area contributed by atoms with Crippen molar-refractivity contribution < 1.29 is 9.59 Å². The zero-order valence-corrected chi connectivity index (χ0v) is 18.8. The molecule has 1 aliphatic carbocycles. The topological polar surface area (TPSA) is 102 Å². The molecule has 0 spiro atoms. The third-order valence-electron chi connectivity index (χ3n) is 5.26. The molecule has 2 amide bonds. The second-order valence-electron chi connectivity index (χ2n) is 7.86. The molecule has 3 aromatic rings. The van der Waals surface area contributed by atoms with Gasteiger partial charge in [-0.05, 0) is 44.0 Å². The second kappa shape index (κ2) is 10.4. The van der Waals surface area contributed by atoms with E-state index in [-0.39, 0.29) is 30.2 Å². The van der Waals surface area contributed by atoms with Crippen molar-refractivity contribution in [2.45, 2.75) is 50.4 Å². The molecule has 0 saturated heterocycles. The van der Waals surface area contributed by atoms with Crippen molar-refractivity contribution in [3.05, 3.63) is 54.4 Å². The standard InChI is InChI=1S/C23H26N6O2S/c1-16-6-8-19(9-7-16)25-20(30)14-29-23(27-22(28-29)17-10-12-24-13-11-17)32-15-21(31)26-18-4-2-3-5-18/h6-13,18H,2-5,14-15H2,1H3,(H,25,30)(H,26,31). The number of nitrogens with zero attached hydrogens (tertiary/aromatic N) is 4. The lowest BCUT2D eigenvalue weighted by Gasteiger charge is -2.11. The maximum Gasteiger partial charge on any atom is 0.246 e. The number of aromatic nitrogens is 4. The van der Waals surface area contributed by atoms with Crippen LogP contribution in [0.3, 0.4) is 0 Å². The molecule has 2 heterocycles. The largest absolute Gasteiger partial charge is 0.353 e. The Morgan fingerprint density at radius 2 is 1.78 bits per heavy atom. The third kappa shape index (κ3) is 5.94. The number of pyridine rings is 1. The van der Waals surface area contributed by atoms with Crippen LogP contribution in [0.15, 0.2) is 53.9 Å². The van der Waals surface area contributed by atoms with E-state index in [0.29, 0.717) is 11.0 Å². The lowest BCUT2D eigenvalue weighted by molar-refractivity contribution is -0.119. The number of benzene rings is 1. The molecular weight excluding hydrogens is 424 g/mol. The van der Waals surface area contributed by atoms with Crippen LogP contribution in [0.2, 0.25) is 0 Å². The fraction of sp³-hybridized carbons (Fsp3) is 0.348. The summed E-state index contributed by atoms with van der Waals surface area (Å²) in [5.74, 6) is 0.488. The second-order valence-corrected chi connectivity index (χ2v) is 8.81. The molecule has 8 nitrogen and oxygen atoms in total. The number of aryl methyl sites for hydroxylation is 1. The van der Waals surface area contributed by atoms with E-state index in [1.54, 1.807) is 17.1 Å². The molecule has 0 aliphatic heterocycles. The predicted molar refractivity (Wildman–Crippen MR) is 124 cm³/mol. The summed E-state index contributed by atoms with van der Waals surface area (Å²) in [6.07, 6.45) is 7.75. The monoisotopic (exact) mass is 450 g/mol. The van der Waals surface area contributed by atoms with Gasteiger partial charge in [0.2, 0.25) is 11.8 Å². The number of thioether (sulfide) groups is 1. The Labute approximate surface area is 191 Å². The van der Waals surface area contributed by atoms with E-state index in [2.05, 4.69) is 25.7 Å². The SMILES string of the molecule is Cc1ccc(NC(=O)Cn2nc(-c3ccncc3)nc2SCC(=O)NC2CCCC2)cc1. The maximum atomic E-state index is 12.6. The molecule has 9 heteroatoms. The molecule has 2 N–H and O–H groups in total. The van der Waals surface area contributed by atoms with Gasteiger partial charge in [0, 0.05) is 29.7 Å². The van der Waals surface area contributed by atoms with Gasteiger partial charge in [-0.2, -0.15) is 0 Å². The summed E-state index contributed by atoms with van der Waals surface area (Å²) < 4.78 is 1.55. The van der Waals surface area contributed by atoms with Crippen molar-refractivity contribution in [2.24, 2.45) is 0 Å². The van der Waals surface area contributed by atoms with Crippen molar-refractivity contribution in [3.8, 4) is 11.4 Å². The van der Waals surface area contributed by atoms with Crippen LogP contribution in [-0.2, 0) is 16.1 Å². The number of hydrogen-bond acceptors (Lipinski definition) is 6. The average Bonchev–Trinajstić information content (AvgIpc) is 3.44. The number of amides is 2. The first-order valence-electron chi connectivity index (χ1n) is 10.7. The lowest BCUT2D eigenvalue weighted by Crippen LogP contribution is -2.33. The summed E-state index contributed by atoms with van der Waals surface area (Å²) in [6.45, 7) is 1.99. The van der Waals surface area contributed by atoms with E-state index in [1.165, 1.54) is 11.8 Å². The Morgan fingerprint density at radius 1 is 1.06 bits per heavy atom. The molecular formula is C23H26N6O2S. The third-order valence-corrected chi connectivity index (χ3v) is 6.22. The minimum atomic E-state index is -0.211. The van der Waals surface area contributed by atoms with Gasteiger partial charge < -0.3 is 10.6 Å². The first-order chi connectivity index (χ1) is 15.6. The molecule has 0 atom stereocenters. The number of nitrogens with one attached hydrogen (secondary N) is 2. The van der Waals surface area contributed by atoms with E-state index in [1.807, 2.05) is 43.3 Å². The van der Waals surface area contributed by atoms with Crippen LogP contribution in [0, 0.1) is 6.92 Å². The molecule has 1 aliphatic rings. The molecule has 1 fully saturated rings. The van der Waals surface area contributed by atoms with Crippen LogP contribution in [0.4, 0.5) is 5.69 Å². The molecule has 1 aromatic carbocycles. The first-order valence-corrected chi connectivity index (χ1v) is 11.7. The number of carbonyl (C=O) groups excluding carboxylic acids is 2. The van der Waals surface area contributed by atoms with Gasteiger partial charge >= 0.3 is 0 Å². The van der Waals surface area contributed by atoms with Crippen LogP contribution >= 0.6 is 11.8 Å². The Kier molecular flexibility index (Phi) is 7.16. The maximum absolute atomic E-state index is 12.6. The molecule has 166 valence electrons. The Morgan fingerprint density at radius 3 is 2.50 bits per heavy atom. The van der Waals surface area contributed by atoms with Crippen molar-refractivity contribution in [1.82, 2.24) is 25.1 Å². The van der Waals surface area contributed by atoms with E-state index >= 15 is 0 Å². The van der Waals surface area contributed by atoms with E-state index in [0.717, 1.165) is 42.5 Å². The van der Waals surface area contributed by atoms with Crippen molar-refractivity contribution in [2.75, 3.05) is 11.1 Å². The average molecular weight is 451 g/mol. The highest BCUT2D eigenvalue weighted by Gasteiger charge is 2.19. The van der Waals surface area contributed by atoms with Gasteiger partial charge in [-0.1, -0.05) is 42.3 Å². The minimum absolute atomic E-state index is 0.00145. The smallest absolute Gasteiger partial charge is 0.246 e. The van der Waals surface area contributed by atoms with Gasteiger partial charge in [-0.3, -0.25) is 14.6 Å².